The van der Waals surface area contributed by atoms with Gasteiger partial charge < -0.3 is 40.2 Å². The third kappa shape index (κ3) is 7.73. The summed E-state index contributed by atoms with van der Waals surface area (Å²) < 4.78 is 5.89. The third-order valence-corrected chi connectivity index (χ3v) is 4.69. The number of ether oxygens (including phenoxy) is 1. The number of hydrogen-bond acceptors (Lipinski definition) is 3. The van der Waals surface area contributed by atoms with Crippen LogP contribution in [-0.4, -0.2) is 19.6 Å². The number of piperidine rings is 1. The summed E-state index contributed by atoms with van der Waals surface area (Å²) in [6.45, 7) is 4.85. The van der Waals surface area contributed by atoms with Crippen molar-refractivity contribution in [1.29, 1.82) is 0 Å². The zero-order valence-electron chi connectivity index (χ0n) is 14.7. The molecular weight excluding hydrogens is 391 g/mol. The van der Waals surface area contributed by atoms with E-state index < -0.39 is 0 Å². The molecule has 3 rings (SSSR count). The fraction of sp³-hybridized carbons (Fsp3) is 0.400. The minimum atomic E-state index is 0. The Labute approximate surface area is 173 Å². The fourth-order valence-electron chi connectivity index (χ4n) is 3.00. The molecule has 0 bridgehead atoms. The lowest BCUT2D eigenvalue weighted by Gasteiger charge is -2.22. The zero-order valence-corrected chi connectivity index (χ0v) is 17.0. The zero-order chi connectivity index (χ0) is 16.6. The first-order valence-electron chi connectivity index (χ1n) is 8.67. The molecule has 2 aromatic carbocycles. The quantitative estimate of drug-likeness (QED) is 0.550. The van der Waals surface area contributed by atoms with Crippen LogP contribution in [-0.2, 0) is 13.2 Å². The van der Waals surface area contributed by atoms with Crippen molar-refractivity contribution in [3.8, 4) is 5.75 Å². The number of halogens is 3. The molecule has 0 amide bonds. The van der Waals surface area contributed by atoms with Gasteiger partial charge in [-0.1, -0.05) is 35.9 Å². The highest BCUT2D eigenvalue weighted by Gasteiger charge is 2.12. The highest BCUT2D eigenvalue weighted by molar-refractivity contribution is 6.30. The molecule has 6 heteroatoms. The Hall–Kier alpha value is -0.970. The van der Waals surface area contributed by atoms with Gasteiger partial charge in [-0.15, -0.1) is 0 Å². The van der Waals surface area contributed by atoms with Crippen LogP contribution < -0.4 is 40.2 Å². The van der Waals surface area contributed by atoms with Gasteiger partial charge in [-0.3, -0.25) is 0 Å². The van der Waals surface area contributed by atoms with Crippen LogP contribution in [0.5, 0.6) is 5.75 Å². The van der Waals surface area contributed by atoms with E-state index in [2.05, 4.69) is 28.8 Å². The van der Waals surface area contributed by atoms with Gasteiger partial charge in [0.05, 0.1) is 0 Å². The van der Waals surface area contributed by atoms with E-state index in [0.29, 0.717) is 6.61 Å². The Balaban J connectivity index is 0.00000169. The summed E-state index contributed by atoms with van der Waals surface area (Å²) in [6, 6.07) is 16.1. The van der Waals surface area contributed by atoms with Crippen molar-refractivity contribution < 1.29 is 29.6 Å². The minimum Gasteiger partial charge on any atom is -1.00 e. The topological polar surface area (TPSA) is 33.3 Å². The molecule has 2 aromatic rings. The molecule has 0 spiro atoms. The molecule has 3 nitrogen and oxygen atoms in total. The Bertz CT molecular complexity index is 631. The summed E-state index contributed by atoms with van der Waals surface area (Å²) in [4.78, 5) is 0. The second-order valence-corrected chi connectivity index (χ2v) is 6.82. The Morgan fingerprint density at radius 1 is 1.00 bits per heavy atom. The number of hydrogen-bond donors (Lipinski definition) is 2. The second kappa shape index (κ2) is 12.4. The maximum atomic E-state index is 5.90. The van der Waals surface area contributed by atoms with Gasteiger partial charge in [0.15, 0.2) is 0 Å². The first-order chi connectivity index (χ1) is 11.8. The van der Waals surface area contributed by atoms with Gasteiger partial charge in [0, 0.05) is 11.6 Å². The van der Waals surface area contributed by atoms with Crippen molar-refractivity contribution in [3.05, 3.63) is 64.7 Å². The first-order valence-corrected chi connectivity index (χ1v) is 9.05. The molecule has 26 heavy (non-hydrogen) atoms. The lowest BCUT2D eigenvalue weighted by Crippen LogP contribution is -3.00. The Morgan fingerprint density at radius 3 is 2.46 bits per heavy atom. The van der Waals surface area contributed by atoms with E-state index in [1.807, 2.05) is 30.3 Å². The summed E-state index contributed by atoms with van der Waals surface area (Å²) in [5, 5.41) is 7.74. The maximum Gasteiger partial charge on any atom is 0.120 e. The van der Waals surface area contributed by atoms with Gasteiger partial charge >= 0.3 is 0 Å². The Kier molecular flexibility index (Phi) is 11.0. The molecule has 0 saturated carbocycles. The van der Waals surface area contributed by atoms with Crippen molar-refractivity contribution in [2.75, 3.05) is 19.6 Å². The van der Waals surface area contributed by atoms with Crippen molar-refractivity contribution in [2.45, 2.75) is 26.0 Å². The molecular formula is C20H25Cl3N2O-2. The molecule has 1 fully saturated rings. The summed E-state index contributed by atoms with van der Waals surface area (Å²) in [7, 11) is 0. The van der Waals surface area contributed by atoms with Gasteiger partial charge in [-0.25, -0.2) is 0 Å². The molecule has 0 aliphatic carbocycles. The van der Waals surface area contributed by atoms with E-state index in [0.717, 1.165) is 48.4 Å². The summed E-state index contributed by atoms with van der Waals surface area (Å²) in [5.41, 5.74) is 2.38. The van der Waals surface area contributed by atoms with E-state index in [1.54, 1.807) is 0 Å². The maximum absolute atomic E-state index is 5.90. The average Bonchev–Trinajstić information content (AvgIpc) is 2.63. The van der Waals surface area contributed by atoms with E-state index in [-0.39, 0.29) is 24.8 Å². The second-order valence-electron chi connectivity index (χ2n) is 6.39. The van der Waals surface area contributed by atoms with Crippen molar-refractivity contribution in [3.63, 3.8) is 0 Å². The molecule has 2 N–H and O–H groups in total. The van der Waals surface area contributed by atoms with Crippen LogP contribution in [0.15, 0.2) is 48.5 Å². The SMILES string of the molecule is Clc1ccc(COc2cccc(CNCC3CCNCC3)c2)cc1.[Cl-].[Cl-]. The predicted molar refractivity (Wildman–Crippen MR) is 99.5 cm³/mol. The molecule has 1 heterocycles. The molecule has 1 aliphatic rings. The van der Waals surface area contributed by atoms with Crippen LogP contribution in [0.2, 0.25) is 5.02 Å². The van der Waals surface area contributed by atoms with Crippen LogP contribution in [0.25, 0.3) is 0 Å². The molecule has 0 aromatic heterocycles. The van der Waals surface area contributed by atoms with Crippen LogP contribution >= 0.6 is 11.6 Å². The van der Waals surface area contributed by atoms with E-state index >= 15 is 0 Å². The molecule has 0 radical (unpaired) electrons. The molecule has 144 valence electrons. The van der Waals surface area contributed by atoms with Crippen molar-refractivity contribution in [2.24, 2.45) is 5.92 Å². The van der Waals surface area contributed by atoms with Crippen LogP contribution in [0.4, 0.5) is 0 Å². The fourth-order valence-corrected chi connectivity index (χ4v) is 3.12. The van der Waals surface area contributed by atoms with Gasteiger partial charge in [-0.05, 0) is 73.8 Å². The van der Waals surface area contributed by atoms with Crippen LogP contribution in [0.1, 0.15) is 24.0 Å². The molecule has 1 aliphatic heterocycles. The monoisotopic (exact) mass is 414 g/mol. The first kappa shape index (κ1) is 23.1. The third-order valence-electron chi connectivity index (χ3n) is 4.44. The highest BCUT2D eigenvalue weighted by Crippen LogP contribution is 2.17. The van der Waals surface area contributed by atoms with Gasteiger partial charge in [0.2, 0.25) is 0 Å². The highest BCUT2D eigenvalue weighted by atomic mass is 35.5. The van der Waals surface area contributed by atoms with Gasteiger partial charge in [-0.2, -0.15) is 0 Å². The van der Waals surface area contributed by atoms with Crippen LogP contribution in [0.3, 0.4) is 0 Å². The standard InChI is InChI=1S/C20H25ClN2O.2ClH/c21-19-6-4-17(5-7-19)15-24-20-3-1-2-18(12-20)14-23-13-16-8-10-22-11-9-16;;/h1-7,12,16,22-23H,8-11,13-15H2;2*1H/p-2. The average molecular weight is 416 g/mol. The van der Waals surface area contributed by atoms with Crippen LogP contribution in [0, 0.1) is 5.92 Å². The largest absolute Gasteiger partial charge is 1.00 e. The normalized spacial score (nSPS) is 14.2. The molecule has 0 unspecified atom stereocenters. The van der Waals surface area contributed by atoms with Gasteiger partial charge in [0.25, 0.3) is 0 Å². The molecule has 1 saturated heterocycles. The summed E-state index contributed by atoms with van der Waals surface area (Å²) >= 11 is 5.90. The number of benzene rings is 2. The number of nitrogens with one attached hydrogen (secondary N) is 2. The van der Waals surface area contributed by atoms with E-state index in [1.165, 1.54) is 18.4 Å². The lowest BCUT2D eigenvalue weighted by molar-refractivity contribution is -0.001000. The molecule has 0 atom stereocenters. The van der Waals surface area contributed by atoms with Crippen molar-refractivity contribution in [1.82, 2.24) is 10.6 Å². The number of rotatable bonds is 7. The summed E-state index contributed by atoms with van der Waals surface area (Å²) in [5.74, 6) is 1.71. The smallest absolute Gasteiger partial charge is 0.120 e. The predicted octanol–water partition coefficient (Wildman–Crippen LogP) is -1.98. The minimum absolute atomic E-state index is 0. The summed E-state index contributed by atoms with van der Waals surface area (Å²) in [6.07, 6.45) is 2.55. The van der Waals surface area contributed by atoms with E-state index in [4.69, 9.17) is 16.3 Å². The van der Waals surface area contributed by atoms with Crippen molar-refractivity contribution >= 4 is 11.6 Å². The lowest BCUT2D eigenvalue weighted by atomic mass is 9.98. The Morgan fingerprint density at radius 2 is 1.73 bits per heavy atom. The van der Waals surface area contributed by atoms with Gasteiger partial charge in [0.1, 0.15) is 12.4 Å². The van der Waals surface area contributed by atoms with E-state index in [9.17, 15) is 0 Å².